The van der Waals surface area contributed by atoms with E-state index in [9.17, 15) is 8.42 Å². The van der Waals surface area contributed by atoms with E-state index >= 15 is 0 Å². The number of nitrogens with zero attached hydrogens (tertiary/aromatic N) is 1. The third-order valence-corrected chi connectivity index (χ3v) is 7.08. The van der Waals surface area contributed by atoms with Gasteiger partial charge in [0.2, 0.25) is 10.0 Å². The molecule has 28 heavy (non-hydrogen) atoms. The lowest BCUT2D eigenvalue weighted by Crippen LogP contribution is -2.41. The van der Waals surface area contributed by atoms with E-state index in [-0.39, 0.29) is 12.0 Å². The van der Waals surface area contributed by atoms with Crippen LogP contribution in [0.3, 0.4) is 0 Å². The number of ether oxygens (including phenoxy) is 1. The van der Waals surface area contributed by atoms with Crippen molar-refractivity contribution in [3.8, 4) is 5.75 Å². The second kappa shape index (κ2) is 9.07. The van der Waals surface area contributed by atoms with Gasteiger partial charge in [-0.05, 0) is 74.2 Å². The van der Waals surface area contributed by atoms with Crippen molar-refractivity contribution < 1.29 is 13.2 Å². The Bertz CT molecular complexity index is 864. The van der Waals surface area contributed by atoms with Crippen molar-refractivity contribution in [3.63, 3.8) is 0 Å². The Kier molecular flexibility index (Phi) is 6.75. The first-order valence-corrected chi connectivity index (χ1v) is 11.4. The van der Waals surface area contributed by atoms with E-state index in [1.54, 1.807) is 19.2 Å². The zero-order valence-corrected chi connectivity index (χ0v) is 17.7. The average molecular weight is 403 g/mol. The largest absolute Gasteiger partial charge is 0.497 e. The number of benzene rings is 2. The summed E-state index contributed by atoms with van der Waals surface area (Å²) in [5, 5.41) is 0. The molecule has 6 heteroatoms. The third kappa shape index (κ3) is 4.74. The maximum absolute atomic E-state index is 12.7. The Morgan fingerprint density at radius 1 is 1.11 bits per heavy atom. The van der Waals surface area contributed by atoms with Crippen LogP contribution in [0.25, 0.3) is 0 Å². The molecule has 1 saturated heterocycles. The highest BCUT2D eigenvalue weighted by atomic mass is 32.2. The van der Waals surface area contributed by atoms with Gasteiger partial charge in [0.25, 0.3) is 0 Å². The van der Waals surface area contributed by atoms with Gasteiger partial charge in [0.1, 0.15) is 5.75 Å². The Balaban J connectivity index is 1.74. The predicted octanol–water partition coefficient (Wildman–Crippen LogP) is 3.62. The molecule has 1 aliphatic heterocycles. The molecule has 3 rings (SSSR count). The van der Waals surface area contributed by atoms with Gasteiger partial charge in [0, 0.05) is 12.6 Å². The van der Waals surface area contributed by atoms with E-state index in [1.807, 2.05) is 24.3 Å². The topological polar surface area (TPSA) is 58.6 Å². The van der Waals surface area contributed by atoms with E-state index in [4.69, 9.17) is 4.74 Å². The first kappa shape index (κ1) is 20.8. The highest BCUT2D eigenvalue weighted by Crippen LogP contribution is 2.35. The van der Waals surface area contributed by atoms with Crippen molar-refractivity contribution in [2.45, 2.75) is 37.1 Å². The summed E-state index contributed by atoms with van der Waals surface area (Å²) in [6.07, 6.45) is 2.96. The number of aryl methyl sites for hydroxylation is 1. The van der Waals surface area contributed by atoms with E-state index < -0.39 is 10.0 Å². The van der Waals surface area contributed by atoms with Crippen LogP contribution in [-0.2, 0) is 16.4 Å². The van der Waals surface area contributed by atoms with Crippen molar-refractivity contribution in [2.75, 3.05) is 27.2 Å². The van der Waals surface area contributed by atoms with Crippen LogP contribution in [0.15, 0.2) is 53.4 Å². The minimum absolute atomic E-state index is 0.185. The number of sulfonamides is 1. The van der Waals surface area contributed by atoms with Crippen molar-refractivity contribution in [3.05, 3.63) is 59.7 Å². The summed E-state index contributed by atoms with van der Waals surface area (Å²) in [5.74, 6) is 1.05. The molecule has 0 spiro atoms. The van der Waals surface area contributed by atoms with Crippen LogP contribution in [0, 0.1) is 5.92 Å². The molecule has 1 aliphatic rings. The molecule has 1 heterocycles. The van der Waals surface area contributed by atoms with E-state index in [0.29, 0.717) is 11.4 Å². The molecule has 2 unspecified atom stereocenters. The van der Waals surface area contributed by atoms with Gasteiger partial charge in [-0.1, -0.05) is 31.2 Å². The Morgan fingerprint density at radius 3 is 2.39 bits per heavy atom. The van der Waals surface area contributed by atoms with Gasteiger partial charge in [-0.25, -0.2) is 13.1 Å². The molecule has 152 valence electrons. The zero-order chi connectivity index (χ0) is 20.1. The van der Waals surface area contributed by atoms with Crippen LogP contribution in [0.4, 0.5) is 0 Å². The summed E-state index contributed by atoms with van der Waals surface area (Å²) in [6, 6.07) is 15.4. The van der Waals surface area contributed by atoms with Gasteiger partial charge in [0.05, 0.1) is 12.0 Å². The Labute approximate surface area is 168 Å². The molecule has 0 radical (unpaired) electrons. The number of likely N-dealkylation sites (tertiary alicyclic amines) is 1. The number of piperidine rings is 1. The van der Waals surface area contributed by atoms with Crippen molar-refractivity contribution in [1.82, 2.24) is 9.62 Å². The Hall–Kier alpha value is -1.89. The van der Waals surface area contributed by atoms with E-state index in [0.717, 1.165) is 37.1 Å². The van der Waals surface area contributed by atoms with Crippen LogP contribution >= 0.6 is 0 Å². The molecule has 0 bridgehead atoms. The maximum atomic E-state index is 12.7. The lowest BCUT2D eigenvalue weighted by Gasteiger charge is -2.39. The van der Waals surface area contributed by atoms with E-state index in [1.165, 1.54) is 5.56 Å². The SMILES string of the molecule is CCc1ccc(S(=O)(=O)NCC2CCCN(C)C2c2ccc(OC)cc2)cc1. The van der Waals surface area contributed by atoms with Gasteiger partial charge >= 0.3 is 0 Å². The second-order valence-electron chi connectivity index (χ2n) is 7.45. The first-order chi connectivity index (χ1) is 13.4. The normalized spacial score (nSPS) is 20.8. The predicted molar refractivity (Wildman–Crippen MR) is 112 cm³/mol. The molecule has 2 aromatic rings. The Morgan fingerprint density at radius 2 is 1.79 bits per heavy atom. The fraction of sp³-hybridized carbons (Fsp3) is 0.455. The highest BCUT2D eigenvalue weighted by Gasteiger charge is 2.31. The van der Waals surface area contributed by atoms with Crippen LogP contribution in [0.1, 0.15) is 36.9 Å². The van der Waals surface area contributed by atoms with Crippen LogP contribution in [-0.4, -0.2) is 40.6 Å². The third-order valence-electron chi connectivity index (χ3n) is 5.64. The number of hydrogen-bond acceptors (Lipinski definition) is 4. The molecule has 0 saturated carbocycles. The average Bonchev–Trinajstić information content (AvgIpc) is 2.72. The lowest BCUT2D eigenvalue weighted by atomic mass is 9.85. The summed E-state index contributed by atoms with van der Waals surface area (Å²) in [7, 11) is 0.262. The molecule has 1 fully saturated rings. The minimum Gasteiger partial charge on any atom is -0.497 e. The summed E-state index contributed by atoms with van der Waals surface area (Å²) in [5.41, 5.74) is 2.33. The molecule has 2 atom stereocenters. The molecular weight excluding hydrogens is 372 g/mol. The fourth-order valence-corrected chi connectivity index (χ4v) is 5.10. The first-order valence-electron chi connectivity index (χ1n) is 9.87. The maximum Gasteiger partial charge on any atom is 0.240 e. The van der Waals surface area contributed by atoms with Crippen LogP contribution in [0.5, 0.6) is 5.75 Å². The zero-order valence-electron chi connectivity index (χ0n) is 16.9. The fourth-order valence-electron chi connectivity index (χ4n) is 4.01. The number of methoxy groups -OCH3 is 1. The van der Waals surface area contributed by atoms with Crippen molar-refractivity contribution in [1.29, 1.82) is 0 Å². The van der Waals surface area contributed by atoms with E-state index in [2.05, 4.69) is 35.7 Å². The van der Waals surface area contributed by atoms with Crippen LogP contribution in [0.2, 0.25) is 0 Å². The molecule has 0 aromatic heterocycles. The minimum atomic E-state index is -3.51. The van der Waals surface area contributed by atoms with Crippen molar-refractivity contribution >= 4 is 10.0 Å². The number of rotatable bonds is 7. The van der Waals surface area contributed by atoms with Crippen LogP contribution < -0.4 is 9.46 Å². The summed E-state index contributed by atoms with van der Waals surface area (Å²) >= 11 is 0. The summed E-state index contributed by atoms with van der Waals surface area (Å²) < 4.78 is 33.6. The quantitative estimate of drug-likeness (QED) is 0.768. The van der Waals surface area contributed by atoms with Gasteiger partial charge in [-0.15, -0.1) is 0 Å². The summed E-state index contributed by atoms with van der Waals surface area (Å²) in [6.45, 7) is 3.50. The summed E-state index contributed by atoms with van der Waals surface area (Å²) in [4.78, 5) is 2.65. The second-order valence-corrected chi connectivity index (χ2v) is 9.22. The van der Waals surface area contributed by atoms with Crippen molar-refractivity contribution in [2.24, 2.45) is 5.92 Å². The van der Waals surface area contributed by atoms with Gasteiger partial charge < -0.3 is 4.74 Å². The lowest BCUT2D eigenvalue weighted by molar-refractivity contribution is 0.123. The number of nitrogens with one attached hydrogen (secondary N) is 1. The standard InChI is InChI=1S/C22H30N2O3S/c1-4-17-7-13-21(14-8-17)28(25,26)23-16-19-6-5-15-24(2)22(19)18-9-11-20(27-3)12-10-18/h7-14,19,22-23H,4-6,15-16H2,1-3H3. The smallest absolute Gasteiger partial charge is 0.240 e. The number of hydrogen-bond donors (Lipinski definition) is 1. The molecule has 0 amide bonds. The highest BCUT2D eigenvalue weighted by molar-refractivity contribution is 7.89. The van der Waals surface area contributed by atoms with Gasteiger partial charge in [-0.3, -0.25) is 4.90 Å². The molecule has 2 aromatic carbocycles. The molecule has 0 aliphatic carbocycles. The van der Waals surface area contributed by atoms with Gasteiger partial charge in [0.15, 0.2) is 0 Å². The van der Waals surface area contributed by atoms with Gasteiger partial charge in [-0.2, -0.15) is 0 Å². The molecule has 5 nitrogen and oxygen atoms in total. The monoisotopic (exact) mass is 402 g/mol. The molecule has 1 N–H and O–H groups in total. The molecular formula is C22H30N2O3S.